The number of halogens is 2. The molecule has 1 unspecified atom stereocenters. The van der Waals surface area contributed by atoms with Crippen LogP contribution in [-0.2, 0) is 7.05 Å². The minimum absolute atomic E-state index is 0.343. The zero-order chi connectivity index (χ0) is 13.3. The molecule has 18 heavy (non-hydrogen) atoms. The molecule has 1 heterocycles. The van der Waals surface area contributed by atoms with Crippen LogP contribution in [0.2, 0.25) is 0 Å². The Morgan fingerprint density at radius 2 is 2.22 bits per heavy atom. The third-order valence-corrected chi connectivity index (χ3v) is 3.62. The van der Waals surface area contributed by atoms with Crippen LogP contribution in [0.3, 0.4) is 0 Å². The second-order valence-electron chi connectivity index (χ2n) is 3.84. The molecule has 0 amide bonds. The zero-order valence-corrected chi connectivity index (χ0v) is 11.6. The third kappa shape index (κ3) is 2.13. The number of nitrogens with two attached hydrogens (primary N) is 1. The lowest BCUT2D eigenvalue weighted by Gasteiger charge is -2.16. The van der Waals surface area contributed by atoms with Crippen LogP contribution in [0.1, 0.15) is 17.3 Å². The molecular weight excluding hydrogens is 301 g/mol. The summed E-state index contributed by atoms with van der Waals surface area (Å²) in [6.07, 6.45) is 1.59. The monoisotopic (exact) mass is 313 g/mol. The third-order valence-electron chi connectivity index (χ3n) is 2.78. The maximum Gasteiger partial charge on any atom is 0.161 e. The SMILES string of the molecule is COc1cnn(C)c1C(N)c1cccc(F)c1Br. The van der Waals surface area contributed by atoms with E-state index >= 15 is 0 Å². The van der Waals surface area contributed by atoms with Crippen molar-refractivity contribution in [3.8, 4) is 5.75 Å². The smallest absolute Gasteiger partial charge is 0.161 e. The number of methoxy groups -OCH3 is 1. The second-order valence-corrected chi connectivity index (χ2v) is 4.64. The van der Waals surface area contributed by atoms with Gasteiger partial charge in [-0.1, -0.05) is 12.1 Å². The summed E-state index contributed by atoms with van der Waals surface area (Å²) in [6, 6.07) is 4.25. The maximum atomic E-state index is 13.5. The van der Waals surface area contributed by atoms with Crippen LogP contribution < -0.4 is 10.5 Å². The van der Waals surface area contributed by atoms with E-state index in [0.717, 1.165) is 0 Å². The fraction of sp³-hybridized carbons (Fsp3) is 0.250. The van der Waals surface area contributed by atoms with Gasteiger partial charge in [0.2, 0.25) is 0 Å². The zero-order valence-electron chi connectivity index (χ0n) is 10.0. The molecule has 0 fully saturated rings. The molecule has 0 aliphatic rings. The molecule has 0 saturated heterocycles. The Bertz CT molecular complexity index is 570. The van der Waals surface area contributed by atoms with Crippen LogP contribution >= 0.6 is 15.9 Å². The van der Waals surface area contributed by atoms with Crippen molar-refractivity contribution < 1.29 is 9.13 Å². The topological polar surface area (TPSA) is 53.1 Å². The van der Waals surface area contributed by atoms with Gasteiger partial charge in [-0.3, -0.25) is 4.68 Å². The highest BCUT2D eigenvalue weighted by Crippen LogP contribution is 2.32. The van der Waals surface area contributed by atoms with Gasteiger partial charge in [0.25, 0.3) is 0 Å². The number of rotatable bonds is 3. The molecule has 0 aliphatic heterocycles. The molecule has 1 aromatic carbocycles. The highest BCUT2D eigenvalue weighted by molar-refractivity contribution is 9.10. The van der Waals surface area contributed by atoms with Crippen molar-refractivity contribution in [2.45, 2.75) is 6.04 Å². The van der Waals surface area contributed by atoms with Gasteiger partial charge >= 0.3 is 0 Å². The number of aryl methyl sites for hydroxylation is 1. The van der Waals surface area contributed by atoms with Crippen molar-refractivity contribution in [1.29, 1.82) is 0 Å². The van der Waals surface area contributed by atoms with Gasteiger partial charge in [0.05, 0.1) is 23.8 Å². The van der Waals surface area contributed by atoms with Gasteiger partial charge in [0, 0.05) is 7.05 Å². The van der Waals surface area contributed by atoms with Crippen molar-refractivity contribution >= 4 is 15.9 Å². The molecule has 2 aromatic rings. The molecule has 1 aromatic heterocycles. The second kappa shape index (κ2) is 5.07. The van der Waals surface area contributed by atoms with E-state index in [1.807, 2.05) is 0 Å². The molecule has 1 atom stereocenters. The normalized spacial score (nSPS) is 12.5. The molecule has 0 radical (unpaired) electrons. The van der Waals surface area contributed by atoms with Gasteiger partial charge in [-0.25, -0.2) is 4.39 Å². The highest BCUT2D eigenvalue weighted by Gasteiger charge is 2.21. The van der Waals surface area contributed by atoms with E-state index in [9.17, 15) is 4.39 Å². The largest absolute Gasteiger partial charge is 0.493 e. The first-order valence-electron chi connectivity index (χ1n) is 5.31. The average Bonchev–Trinajstić information content (AvgIpc) is 2.73. The summed E-state index contributed by atoms with van der Waals surface area (Å²) in [7, 11) is 3.32. The molecule has 0 saturated carbocycles. The summed E-state index contributed by atoms with van der Waals surface area (Å²) in [4.78, 5) is 0. The van der Waals surface area contributed by atoms with Crippen molar-refractivity contribution in [3.63, 3.8) is 0 Å². The lowest BCUT2D eigenvalue weighted by molar-refractivity contribution is 0.405. The van der Waals surface area contributed by atoms with Gasteiger partial charge in [-0.2, -0.15) is 5.10 Å². The molecular formula is C12H13BrFN3O. The molecule has 2 N–H and O–H groups in total. The molecule has 96 valence electrons. The standard InChI is InChI=1S/C12H13BrFN3O/c1-17-12(9(18-2)6-16-17)11(15)7-4-3-5-8(14)10(7)13/h3-6,11H,15H2,1-2H3. The molecule has 4 nitrogen and oxygen atoms in total. The van der Waals surface area contributed by atoms with E-state index in [1.165, 1.54) is 6.07 Å². The summed E-state index contributed by atoms with van der Waals surface area (Å²) in [5.74, 6) is 0.241. The number of hydrogen-bond donors (Lipinski definition) is 1. The quantitative estimate of drug-likeness (QED) is 0.946. The summed E-state index contributed by atoms with van der Waals surface area (Å²) in [5, 5.41) is 4.09. The predicted molar refractivity (Wildman–Crippen MR) is 69.9 cm³/mol. The Morgan fingerprint density at radius 1 is 1.50 bits per heavy atom. The van der Waals surface area contributed by atoms with E-state index < -0.39 is 6.04 Å². The molecule has 6 heteroatoms. The van der Waals surface area contributed by atoms with E-state index in [-0.39, 0.29) is 5.82 Å². The first-order valence-corrected chi connectivity index (χ1v) is 6.11. The lowest BCUT2D eigenvalue weighted by Crippen LogP contribution is -2.17. The number of ether oxygens (including phenoxy) is 1. The summed E-state index contributed by atoms with van der Waals surface area (Å²) in [5.41, 5.74) is 7.52. The van der Waals surface area contributed by atoms with Gasteiger partial charge in [0.1, 0.15) is 11.5 Å². The van der Waals surface area contributed by atoms with Gasteiger partial charge in [-0.05, 0) is 27.6 Å². The minimum Gasteiger partial charge on any atom is -0.493 e. The number of nitrogens with zero attached hydrogens (tertiary/aromatic N) is 2. The fourth-order valence-electron chi connectivity index (χ4n) is 1.85. The first kappa shape index (κ1) is 13.0. The van der Waals surface area contributed by atoms with Crippen molar-refractivity contribution in [1.82, 2.24) is 9.78 Å². The summed E-state index contributed by atoms with van der Waals surface area (Å²) >= 11 is 3.21. The van der Waals surface area contributed by atoms with Gasteiger partial charge in [0.15, 0.2) is 5.75 Å². The van der Waals surface area contributed by atoms with Crippen molar-refractivity contribution in [3.05, 3.63) is 45.9 Å². The van der Waals surface area contributed by atoms with Gasteiger partial charge in [-0.15, -0.1) is 0 Å². The highest BCUT2D eigenvalue weighted by atomic mass is 79.9. The Labute approximate surface area is 113 Å². The number of benzene rings is 1. The Hall–Kier alpha value is -1.40. The van der Waals surface area contributed by atoms with Crippen LogP contribution in [0.15, 0.2) is 28.9 Å². The van der Waals surface area contributed by atoms with Crippen LogP contribution in [0.4, 0.5) is 4.39 Å². The van der Waals surface area contributed by atoms with E-state index in [2.05, 4.69) is 21.0 Å². The Balaban J connectivity index is 2.51. The molecule has 0 spiro atoms. The summed E-state index contributed by atoms with van der Waals surface area (Å²) < 4.78 is 20.7. The van der Waals surface area contributed by atoms with E-state index in [1.54, 1.807) is 37.2 Å². The molecule has 0 aliphatic carbocycles. The molecule has 2 rings (SSSR count). The number of aromatic nitrogens is 2. The molecule has 0 bridgehead atoms. The van der Waals surface area contributed by atoms with Crippen LogP contribution in [0, 0.1) is 5.82 Å². The first-order chi connectivity index (χ1) is 8.56. The van der Waals surface area contributed by atoms with Crippen molar-refractivity contribution in [2.24, 2.45) is 12.8 Å². The van der Waals surface area contributed by atoms with Crippen molar-refractivity contribution in [2.75, 3.05) is 7.11 Å². The Kier molecular flexibility index (Phi) is 3.68. The van der Waals surface area contributed by atoms with Crippen LogP contribution in [-0.4, -0.2) is 16.9 Å². The summed E-state index contributed by atoms with van der Waals surface area (Å²) in [6.45, 7) is 0. The van der Waals surface area contributed by atoms with Crippen LogP contribution in [0.25, 0.3) is 0 Å². The minimum atomic E-state index is -0.516. The predicted octanol–water partition coefficient (Wildman–Crippen LogP) is 2.38. The van der Waals surface area contributed by atoms with Crippen LogP contribution in [0.5, 0.6) is 5.75 Å². The lowest BCUT2D eigenvalue weighted by atomic mass is 10.0. The maximum absolute atomic E-state index is 13.5. The van der Waals surface area contributed by atoms with E-state index in [0.29, 0.717) is 21.5 Å². The van der Waals surface area contributed by atoms with E-state index in [4.69, 9.17) is 10.5 Å². The van der Waals surface area contributed by atoms with Gasteiger partial charge < -0.3 is 10.5 Å². The Morgan fingerprint density at radius 3 is 2.89 bits per heavy atom. The fourth-order valence-corrected chi connectivity index (χ4v) is 2.36. The number of hydrogen-bond acceptors (Lipinski definition) is 3. The average molecular weight is 314 g/mol.